The molecule has 1 heterocycles. The molecule has 0 saturated heterocycles. The van der Waals surface area contributed by atoms with Gasteiger partial charge in [0.05, 0.1) is 0 Å². The Hall–Kier alpha value is -1.36. The Morgan fingerprint density at radius 3 is 2.88 bits per heavy atom. The molecule has 0 aromatic carbocycles. The Bertz CT molecular complexity index is 379. The molecule has 1 fully saturated rings. The minimum absolute atomic E-state index is 0.182. The lowest BCUT2D eigenvalue weighted by Gasteiger charge is -2.17. The molecule has 1 aliphatic carbocycles. The van der Waals surface area contributed by atoms with Gasteiger partial charge in [0.15, 0.2) is 0 Å². The molecule has 94 valence electrons. The van der Waals surface area contributed by atoms with Crippen molar-refractivity contribution in [3.8, 4) is 0 Å². The smallest absolute Gasteiger partial charge is 0.136 e. The molecular formula is C12H20N4O. The molecule has 0 amide bonds. The van der Waals surface area contributed by atoms with Gasteiger partial charge in [-0.2, -0.15) is 0 Å². The third kappa shape index (κ3) is 3.30. The number of aliphatic hydroxyl groups is 1. The monoisotopic (exact) mass is 236 g/mol. The van der Waals surface area contributed by atoms with Crippen molar-refractivity contribution in [2.75, 3.05) is 17.7 Å². The molecular weight excluding hydrogens is 216 g/mol. The second-order valence-electron chi connectivity index (χ2n) is 4.57. The molecule has 0 radical (unpaired) electrons. The summed E-state index contributed by atoms with van der Waals surface area (Å²) in [6, 6.07) is 1.99. The number of aromatic nitrogens is 2. The van der Waals surface area contributed by atoms with E-state index in [9.17, 15) is 0 Å². The maximum atomic E-state index is 8.96. The Balaban J connectivity index is 2.08. The Kier molecular flexibility index (Phi) is 3.78. The van der Waals surface area contributed by atoms with E-state index in [1.165, 1.54) is 0 Å². The average molecular weight is 236 g/mol. The van der Waals surface area contributed by atoms with Crippen LogP contribution in [0.4, 0.5) is 11.6 Å². The summed E-state index contributed by atoms with van der Waals surface area (Å²) in [4.78, 5) is 8.73. The number of nitrogens with two attached hydrogens (primary N) is 1. The van der Waals surface area contributed by atoms with Crippen molar-refractivity contribution in [2.45, 2.75) is 44.6 Å². The van der Waals surface area contributed by atoms with Crippen molar-refractivity contribution >= 4 is 11.6 Å². The highest BCUT2D eigenvalue weighted by Crippen LogP contribution is 2.38. The van der Waals surface area contributed by atoms with Gasteiger partial charge in [-0.15, -0.1) is 0 Å². The summed E-state index contributed by atoms with van der Waals surface area (Å²) < 4.78 is 0. The quantitative estimate of drug-likeness (QED) is 0.697. The van der Waals surface area contributed by atoms with Crippen molar-refractivity contribution < 1.29 is 5.11 Å². The molecule has 17 heavy (non-hydrogen) atoms. The number of nitrogen functional groups attached to an aromatic ring is 1. The Morgan fingerprint density at radius 2 is 2.29 bits per heavy atom. The molecule has 5 nitrogen and oxygen atoms in total. The van der Waals surface area contributed by atoms with Crippen LogP contribution in [0.15, 0.2) is 6.07 Å². The summed E-state index contributed by atoms with van der Waals surface area (Å²) in [6.07, 6.45) is 4.00. The van der Waals surface area contributed by atoms with Crippen LogP contribution in [-0.4, -0.2) is 27.7 Å². The lowest BCUT2D eigenvalue weighted by atomic mass is 10.1. The van der Waals surface area contributed by atoms with Crippen molar-refractivity contribution in [3.05, 3.63) is 11.9 Å². The highest BCUT2D eigenvalue weighted by atomic mass is 16.3. The van der Waals surface area contributed by atoms with E-state index in [4.69, 9.17) is 10.8 Å². The van der Waals surface area contributed by atoms with Crippen LogP contribution in [0.3, 0.4) is 0 Å². The van der Waals surface area contributed by atoms with Crippen LogP contribution in [0.5, 0.6) is 0 Å². The molecule has 1 aromatic rings. The molecule has 0 bridgehead atoms. The molecule has 5 heteroatoms. The lowest BCUT2D eigenvalue weighted by molar-refractivity contribution is 0.278. The van der Waals surface area contributed by atoms with Crippen molar-refractivity contribution in [1.82, 2.24) is 9.97 Å². The van der Waals surface area contributed by atoms with E-state index in [1.807, 2.05) is 0 Å². The Labute approximate surface area is 101 Å². The minimum atomic E-state index is 0.182. The molecule has 1 saturated carbocycles. The maximum absolute atomic E-state index is 8.96. The zero-order valence-electron chi connectivity index (χ0n) is 10.2. The van der Waals surface area contributed by atoms with Gasteiger partial charge >= 0.3 is 0 Å². The summed E-state index contributed by atoms with van der Waals surface area (Å²) in [5.74, 6) is 2.64. The summed E-state index contributed by atoms with van der Waals surface area (Å²) in [6.45, 7) is 2.27. The van der Waals surface area contributed by atoms with E-state index in [2.05, 4.69) is 22.2 Å². The van der Waals surface area contributed by atoms with Crippen molar-refractivity contribution in [2.24, 2.45) is 0 Å². The second-order valence-corrected chi connectivity index (χ2v) is 4.57. The van der Waals surface area contributed by atoms with E-state index in [1.54, 1.807) is 6.07 Å². The molecule has 1 atom stereocenters. The van der Waals surface area contributed by atoms with Gasteiger partial charge in [0.25, 0.3) is 0 Å². The standard InChI is InChI=1S/C12H20N4O/c1-2-9(5-6-17)14-11-7-10(13)15-12(16-11)8-3-4-8/h7-9,17H,2-6H2,1H3,(H3,13,14,15,16). The number of nitrogens with zero attached hydrogens (tertiary/aromatic N) is 2. The van der Waals surface area contributed by atoms with E-state index < -0.39 is 0 Å². The zero-order chi connectivity index (χ0) is 12.3. The molecule has 1 unspecified atom stereocenters. The summed E-state index contributed by atoms with van der Waals surface area (Å²) >= 11 is 0. The zero-order valence-corrected chi connectivity index (χ0v) is 10.2. The fourth-order valence-electron chi connectivity index (χ4n) is 1.83. The van der Waals surface area contributed by atoms with E-state index in [0.717, 1.165) is 37.3 Å². The van der Waals surface area contributed by atoms with Crippen LogP contribution in [-0.2, 0) is 0 Å². The molecule has 2 rings (SSSR count). The summed E-state index contributed by atoms with van der Waals surface area (Å²) in [5, 5.41) is 12.3. The first-order chi connectivity index (χ1) is 8.22. The summed E-state index contributed by atoms with van der Waals surface area (Å²) in [7, 11) is 0. The van der Waals surface area contributed by atoms with Crippen molar-refractivity contribution in [3.63, 3.8) is 0 Å². The first-order valence-corrected chi connectivity index (χ1v) is 6.24. The normalized spacial score (nSPS) is 16.8. The highest BCUT2D eigenvalue weighted by molar-refractivity contribution is 5.46. The molecule has 4 N–H and O–H groups in total. The number of hydrogen-bond acceptors (Lipinski definition) is 5. The maximum Gasteiger partial charge on any atom is 0.136 e. The van der Waals surface area contributed by atoms with Gasteiger partial charge in [0, 0.05) is 24.6 Å². The topological polar surface area (TPSA) is 84.1 Å². The largest absolute Gasteiger partial charge is 0.396 e. The van der Waals surface area contributed by atoms with Gasteiger partial charge in [-0.05, 0) is 25.7 Å². The third-order valence-electron chi connectivity index (χ3n) is 3.03. The van der Waals surface area contributed by atoms with Crippen LogP contribution in [0, 0.1) is 0 Å². The predicted molar refractivity (Wildman–Crippen MR) is 67.8 cm³/mol. The first-order valence-electron chi connectivity index (χ1n) is 6.24. The van der Waals surface area contributed by atoms with Crippen LogP contribution in [0.1, 0.15) is 44.3 Å². The van der Waals surface area contributed by atoms with Gasteiger partial charge in [-0.3, -0.25) is 0 Å². The number of nitrogens with one attached hydrogen (secondary N) is 1. The van der Waals surface area contributed by atoms with Crippen LogP contribution in [0.25, 0.3) is 0 Å². The van der Waals surface area contributed by atoms with E-state index in [-0.39, 0.29) is 12.6 Å². The molecule has 1 aliphatic rings. The van der Waals surface area contributed by atoms with Crippen molar-refractivity contribution in [1.29, 1.82) is 0 Å². The van der Waals surface area contributed by atoms with Gasteiger partial charge in [-0.25, -0.2) is 9.97 Å². The summed E-state index contributed by atoms with van der Waals surface area (Å²) in [5.41, 5.74) is 5.78. The number of anilines is 2. The third-order valence-corrected chi connectivity index (χ3v) is 3.03. The van der Waals surface area contributed by atoms with Crippen LogP contribution in [0.2, 0.25) is 0 Å². The predicted octanol–water partition coefficient (Wildman–Crippen LogP) is 1.51. The average Bonchev–Trinajstić information content (AvgIpc) is 3.11. The van der Waals surface area contributed by atoms with E-state index in [0.29, 0.717) is 11.7 Å². The first kappa shape index (κ1) is 12.1. The van der Waals surface area contributed by atoms with Gasteiger partial charge in [-0.1, -0.05) is 6.92 Å². The molecule has 1 aromatic heterocycles. The molecule has 0 spiro atoms. The highest BCUT2D eigenvalue weighted by Gasteiger charge is 2.27. The fourth-order valence-corrected chi connectivity index (χ4v) is 1.83. The van der Waals surface area contributed by atoms with Crippen LogP contribution >= 0.6 is 0 Å². The molecule has 0 aliphatic heterocycles. The van der Waals surface area contributed by atoms with Gasteiger partial charge in [0.1, 0.15) is 17.5 Å². The van der Waals surface area contributed by atoms with Crippen LogP contribution < -0.4 is 11.1 Å². The fraction of sp³-hybridized carbons (Fsp3) is 0.667. The number of hydrogen-bond donors (Lipinski definition) is 3. The minimum Gasteiger partial charge on any atom is -0.396 e. The SMILES string of the molecule is CCC(CCO)Nc1cc(N)nc(C2CC2)n1. The number of rotatable bonds is 6. The number of aliphatic hydroxyl groups excluding tert-OH is 1. The lowest BCUT2D eigenvalue weighted by Crippen LogP contribution is -2.21. The van der Waals surface area contributed by atoms with E-state index >= 15 is 0 Å². The Morgan fingerprint density at radius 1 is 1.53 bits per heavy atom. The van der Waals surface area contributed by atoms with Gasteiger partial charge in [0.2, 0.25) is 0 Å². The van der Waals surface area contributed by atoms with Gasteiger partial charge < -0.3 is 16.2 Å². The second kappa shape index (κ2) is 5.31.